The molecule has 1 amide bonds. The monoisotopic (exact) mass is 521 g/mol. The number of hydrogen-bond acceptors (Lipinski definition) is 9. The molecule has 0 spiro atoms. The minimum Gasteiger partial charge on any atom is -0.494 e. The van der Waals surface area contributed by atoms with Crippen LogP contribution in [-0.2, 0) is 24.4 Å². The molecule has 1 aliphatic heterocycles. The second kappa shape index (κ2) is 11.3. The number of benzene rings is 1. The van der Waals surface area contributed by atoms with Gasteiger partial charge in [0, 0.05) is 56.5 Å². The van der Waals surface area contributed by atoms with Crippen molar-refractivity contribution in [1.29, 1.82) is 0 Å². The molecule has 1 N–H and O–H groups in total. The lowest BCUT2D eigenvalue weighted by Gasteiger charge is -2.14. The van der Waals surface area contributed by atoms with Gasteiger partial charge in [-0.05, 0) is 25.0 Å². The molecule has 3 aromatic heterocycles. The molecule has 13 heteroatoms. The van der Waals surface area contributed by atoms with Crippen molar-refractivity contribution < 1.29 is 18.7 Å². The lowest BCUT2D eigenvalue weighted by atomic mass is 10.1. The number of carbonyl (C=O) groups excluding carboxylic acids is 1. The van der Waals surface area contributed by atoms with Crippen LogP contribution in [0.25, 0.3) is 5.69 Å². The van der Waals surface area contributed by atoms with Gasteiger partial charge in [0.05, 0.1) is 43.9 Å². The maximum atomic E-state index is 15.2. The third-order valence-electron chi connectivity index (χ3n) is 6.29. The molecule has 0 aliphatic carbocycles. The Bertz CT molecular complexity index is 1380. The molecule has 0 unspecified atom stereocenters. The first-order chi connectivity index (χ1) is 18.6. The number of anilines is 1. The SMILES string of the molecule is COCc1nn(Cc2cnc(N3CCCC3)nc2)cc1C(=O)NCc1c(-n2ccnn2)ccc(OC)c1F. The van der Waals surface area contributed by atoms with Gasteiger partial charge in [-0.15, -0.1) is 5.10 Å². The Balaban J connectivity index is 1.33. The van der Waals surface area contributed by atoms with E-state index in [1.165, 1.54) is 31.2 Å². The van der Waals surface area contributed by atoms with Crippen LogP contribution >= 0.6 is 0 Å². The molecule has 12 nitrogen and oxygen atoms in total. The van der Waals surface area contributed by atoms with Gasteiger partial charge in [0.2, 0.25) is 5.95 Å². The topological polar surface area (TPSA) is 125 Å². The predicted molar refractivity (Wildman–Crippen MR) is 135 cm³/mol. The number of hydrogen-bond donors (Lipinski definition) is 1. The summed E-state index contributed by atoms with van der Waals surface area (Å²) in [4.78, 5) is 24.3. The third-order valence-corrected chi connectivity index (χ3v) is 6.29. The highest BCUT2D eigenvalue weighted by Gasteiger charge is 2.21. The summed E-state index contributed by atoms with van der Waals surface area (Å²) in [6.45, 7) is 2.35. The van der Waals surface area contributed by atoms with E-state index < -0.39 is 11.7 Å². The van der Waals surface area contributed by atoms with Crippen molar-refractivity contribution in [1.82, 2.24) is 40.1 Å². The molecule has 1 fully saturated rings. The molecule has 0 radical (unpaired) electrons. The number of rotatable bonds is 10. The van der Waals surface area contributed by atoms with Crippen molar-refractivity contribution in [2.75, 3.05) is 32.2 Å². The van der Waals surface area contributed by atoms with Gasteiger partial charge >= 0.3 is 0 Å². The number of amides is 1. The summed E-state index contributed by atoms with van der Waals surface area (Å²) in [6, 6.07) is 3.16. The summed E-state index contributed by atoms with van der Waals surface area (Å²) in [5, 5.41) is 15.0. The summed E-state index contributed by atoms with van der Waals surface area (Å²) in [7, 11) is 2.91. The highest BCUT2D eigenvalue weighted by atomic mass is 19.1. The third kappa shape index (κ3) is 5.32. The highest BCUT2D eigenvalue weighted by molar-refractivity contribution is 5.95. The van der Waals surface area contributed by atoms with Crippen LogP contribution in [0.15, 0.2) is 43.1 Å². The van der Waals surface area contributed by atoms with Crippen molar-refractivity contribution in [2.24, 2.45) is 0 Å². The summed E-state index contributed by atoms with van der Waals surface area (Å²) in [5.41, 5.74) is 2.28. The Hall–Kier alpha value is -4.39. The van der Waals surface area contributed by atoms with E-state index in [1.54, 1.807) is 35.5 Å². The molecular formula is C25H28FN9O3. The summed E-state index contributed by atoms with van der Waals surface area (Å²) in [5.74, 6) is -0.229. The van der Waals surface area contributed by atoms with Gasteiger partial charge in [-0.3, -0.25) is 9.48 Å². The smallest absolute Gasteiger partial charge is 0.255 e. The summed E-state index contributed by atoms with van der Waals surface area (Å²) in [6.07, 6.45) is 10.6. The molecule has 1 aromatic carbocycles. The molecule has 4 aromatic rings. The van der Waals surface area contributed by atoms with Gasteiger partial charge in [0.25, 0.3) is 5.91 Å². The Labute approximate surface area is 218 Å². The lowest BCUT2D eigenvalue weighted by molar-refractivity contribution is 0.0945. The Kier molecular flexibility index (Phi) is 7.54. The number of aromatic nitrogens is 7. The molecule has 38 heavy (non-hydrogen) atoms. The second-order valence-electron chi connectivity index (χ2n) is 8.82. The number of nitrogens with zero attached hydrogens (tertiary/aromatic N) is 8. The normalized spacial score (nSPS) is 13.2. The van der Waals surface area contributed by atoms with Crippen LogP contribution < -0.4 is 15.0 Å². The molecule has 0 saturated carbocycles. The van der Waals surface area contributed by atoms with E-state index in [0.717, 1.165) is 37.4 Å². The van der Waals surface area contributed by atoms with E-state index in [0.29, 0.717) is 23.5 Å². The van der Waals surface area contributed by atoms with Crippen LogP contribution in [-0.4, -0.2) is 68.0 Å². The first kappa shape index (κ1) is 25.3. The summed E-state index contributed by atoms with van der Waals surface area (Å²) < 4.78 is 28.6. The zero-order chi connectivity index (χ0) is 26.5. The van der Waals surface area contributed by atoms with Gasteiger partial charge in [-0.25, -0.2) is 19.0 Å². The maximum Gasteiger partial charge on any atom is 0.255 e. The largest absolute Gasteiger partial charge is 0.494 e. The van der Waals surface area contributed by atoms with Crippen molar-refractivity contribution in [3.63, 3.8) is 0 Å². The van der Waals surface area contributed by atoms with Crippen molar-refractivity contribution in [2.45, 2.75) is 32.5 Å². The Morgan fingerprint density at radius 1 is 1.16 bits per heavy atom. The van der Waals surface area contributed by atoms with Gasteiger partial charge < -0.3 is 19.7 Å². The van der Waals surface area contributed by atoms with Crippen molar-refractivity contribution >= 4 is 11.9 Å². The van der Waals surface area contributed by atoms with Gasteiger partial charge in [0.15, 0.2) is 11.6 Å². The van der Waals surface area contributed by atoms with E-state index in [1.807, 2.05) is 0 Å². The average Bonchev–Trinajstić information content (AvgIpc) is 3.71. The molecule has 1 aliphatic rings. The zero-order valence-electron chi connectivity index (χ0n) is 21.2. The van der Waals surface area contributed by atoms with E-state index in [2.05, 4.69) is 35.6 Å². The molecule has 198 valence electrons. The number of methoxy groups -OCH3 is 2. The van der Waals surface area contributed by atoms with Crippen LogP contribution in [0.1, 0.15) is 40.0 Å². The van der Waals surface area contributed by atoms with Gasteiger partial charge in [-0.1, -0.05) is 5.21 Å². The Morgan fingerprint density at radius 2 is 1.95 bits per heavy atom. The lowest BCUT2D eigenvalue weighted by Crippen LogP contribution is -2.25. The molecule has 4 heterocycles. The molecule has 0 atom stereocenters. The summed E-state index contributed by atoms with van der Waals surface area (Å²) >= 11 is 0. The molecule has 0 bridgehead atoms. The maximum absolute atomic E-state index is 15.2. The number of ether oxygens (including phenoxy) is 2. The van der Waals surface area contributed by atoms with Crippen molar-refractivity contribution in [3.8, 4) is 11.4 Å². The zero-order valence-corrected chi connectivity index (χ0v) is 21.2. The minimum atomic E-state index is -0.592. The van der Waals surface area contributed by atoms with Crippen LogP contribution in [0.3, 0.4) is 0 Å². The molecular weight excluding hydrogens is 493 g/mol. The van der Waals surface area contributed by atoms with E-state index in [4.69, 9.17) is 9.47 Å². The fourth-order valence-corrected chi connectivity index (χ4v) is 4.40. The van der Waals surface area contributed by atoms with Crippen LogP contribution in [0.2, 0.25) is 0 Å². The number of carbonyl (C=O) groups is 1. The molecule has 5 rings (SSSR count). The number of nitrogens with one attached hydrogen (secondary N) is 1. The second-order valence-corrected chi connectivity index (χ2v) is 8.82. The fourth-order valence-electron chi connectivity index (χ4n) is 4.40. The number of halogens is 1. The van der Waals surface area contributed by atoms with E-state index in [9.17, 15) is 4.79 Å². The highest BCUT2D eigenvalue weighted by Crippen LogP contribution is 2.26. The Morgan fingerprint density at radius 3 is 2.63 bits per heavy atom. The first-order valence-corrected chi connectivity index (χ1v) is 12.2. The quantitative estimate of drug-likeness (QED) is 0.334. The van der Waals surface area contributed by atoms with Crippen LogP contribution in [0.4, 0.5) is 10.3 Å². The predicted octanol–water partition coefficient (Wildman–Crippen LogP) is 2.13. The van der Waals surface area contributed by atoms with Gasteiger partial charge in [0.1, 0.15) is 5.69 Å². The minimum absolute atomic E-state index is 0.0592. The van der Waals surface area contributed by atoms with E-state index in [-0.39, 0.29) is 24.5 Å². The average molecular weight is 522 g/mol. The van der Waals surface area contributed by atoms with Crippen LogP contribution in [0.5, 0.6) is 5.75 Å². The van der Waals surface area contributed by atoms with Gasteiger partial charge in [-0.2, -0.15) is 5.10 Å². The van der Waals surface area contributed by atoms with Crippen molar-refractivity contribution in [3.05, 3.63) is 71.3 Å². The fraction of sp³-hybridized carbons (Fsp3) is 0.360. The first-order valence-electron chi connectivity index (χ1n) is 12.2. The van der Waals surface area contributed by atoms with Crippen LogP contribution in [0, 0.1) is 5.82 Å². The molecule has 1 saturated heterocycles. The standard InChI is InChI=1S/C25H28FN9O3/c1-37-16-20-19(15-34(31-20)14-17-11-28-25(29-12-17)33-8-3-4-9-33)24(36)27-13-18-21(35-10-7-30-32-35)5-6-22(38-2)23(18)26/h5-7,10-12,15H,3-4,8-9,13-14,16H2,1-2H3,(H,27,36). The van der Waals surface area contributed by atoms with E-state index >= 15 is 4.39 Å².